The van der Waals surface area contributed by atoms with Gasteiger partial charge < -0.3 is 15.3 Å². The molecular weight excluding hydrogens is 518 g/mol. The number of nitrogens with zero attached hydrogens (tertiary/aromatic N) is 3. The smallest absolute Gasteiger partial charge is 0.261 e. The number of carbonyl (C=O) groups excluding carboxylic acids is 2. The lowest BCUT2D eigenvalue weighted by atomic mass is 10.1. The molecule has 1 saturated heterocycles. The number of nitrogens with one attached hydrogen (secondary N) is 2. The first-order chi connectivity index (χ1) is 18.3. The summed E-state index contributed by atoms with van der Waals surface area (Å²) in [6, 6.07) is 16.9. The lowest BCUT2D eigenvalue weighted by molar-refractivity contribution is -0.782. The number of aromatic nitrogens is 2. The molecular formula is C24H21N5O8S. The summed E-state index contributed by atoms with van der Waals surface area (Å²) >= 11 is 0. The summed E-state index contributed by atoms with van der Waals surface area (Å²) in [6.45, 7) is -0.259. The lowest BCUT2D eigenvalue weighted by Gasteiger charge is -2.22. The van der Waals surface area contributed by atoms with Gasteiger partial charge in [0.2, 0.25) is 21.1 Å². The molecule has 14 heteroatoms. The van der Waals surface area contributed by atoms with E-state index < -0.39 is 33.9 Å². The van der Waals surface area contributed by atoms with E-state index in [2.05, 4.69) is 15.1 Å². The van der Waals surface area contributed by atoms with Crippen molar-refractivity contribution in [3.63, 3.8) is 0 Å². The highest BCUT2D eigenvalue weighted by Crippen LogP contribution is 2.29. The largest absolute Gasteiger partial charge is 0.457 e. The molecule has 5 rings (SSSR count). The number of hydrogen-bond acceptors (Lipinski definition) is 9. The molecule has 0 unspecified atom stereocenters. The molecule has 38 heavy (non-hydrogen) atoms. The highest BCUT2D eigenvalue weighted by atomic mass is 32.2. The molecule has 4 aromatic rings. The zero-order valence-electron chi connectivity index (χ0n) is 19.6. The summed E-state index contributed by atoms with van der Waals surface area (Å²) < 4.78 is 38.1. The average Bonchev–Trinajstić information content (AvgIpc) is 3.53. The fraction of sp³-hybridized carbons (Fsp3) is 0.167. The van der Waals surface area contributed by atoms with Crippen LogP contribution in [0.25, 0.3) is 11.0 Å². The van der Waals surface area contributed by atoms with Crippen LogP contribution >= 0.6 is 0 Å². The molecule has 2 atom stereocenters. The Kier molecular flexibility index (Phi) is 6.67. The van der Waals surface area contributed by atoms with Crippen molar-refractivity contribution in [2.75, 3.05) is 6.54 Å². The first-order valence-electron chi connectivity index (χ1n) is 11.4. The predicted octanol–water partition coefficient (Wildman–Crippen LogP) is 1.32. The van der Waals surface area contributed by atoms with Gasteiger partial charge in [0.05, 0.1) is 10.5 Å². The summed E-state index contributed by atoms with van der Waals surface area (Å²) in [5, 5.41) is 27.4. The second-order valence-electron chi connectivity index (χ2n) is 8.46. The Morgan fingerprint density at radius 1 is 1.05 bits per heavy atom. The summed E-state index contributed by atoms with van der Waals surface area (Å²) in [5.41, 5.74) is 1.54. The first-order valence-corrected chi connectivity index (χ1v) is 12.8. The number of rotatable bonds is 7. The number of sulfonamides is 1. The normalized spacial score (nSPS) is 17.8. The van der Waals surface area contributed by atoms with Gasteiger partial charge in [0.15, 0.2) is 0 Å². The first kappa shape index (κ1) is 25.1. The Morgan fingerprint density at radius 3 is 2.47 bits per heavy atom. The third-order valence-corrected chi connectivity index (χ3v) is 7.96. The summed E-state index contributed by atoms with van der Waals surface area (Å²) in [7, 11) is -4.22. The predicted molar refractivity (Wildman–Crippen MR) is 129 cm³/mol. The molecule has 1 fully saturated rings. The number of amides is 2. The summed E-state index contributed by atoms with van der Waals surface area (Å²) in [6.07, 6.45) is -0.121. The monoisotopic (exact) mass is 539 g/mol. The number of para-hydroxylation sites is 2. The highest BCUT2D eigenvalue weighted by molar-refractivity contribution is 7.89. The highest BCUT2D eigenvalue weighted by Gasteiger charge is 2.44. The van der Waals surface area contributed by atoms with Crippen molar-refractivity contribution < 1.29 is 37.5 Å². The van der Waals surface area contributed by atoms with E-state index in [1.54, 1.807) is 24.3 Å². The zero-order valence-corrected chi connectivity index (χ0v) is 20.4. The molecule has 2 amide bonds. The van der Waals surface area contributed by atoms with Crippen LogP contribution in [-0.4, -0.2) is 53.5 Å². The zero-order chi connectivity index (χ0) is 26.9. The van der Waals surface area contributed by atoms with E-state index >= 15 is 0 Å². The lowest BCUT2D eigenvalue weighted by Crippen LogP contribution is -2.45. The van der Waals surface area contributed by atoms with Gasteiger partial charge in [-0.15, -0.1) is 0 Å². The van der Waals surface area contributed by atoms with E-state index in [0.717, 1.165) is 4.31 Å². The Labute approximate surface area is 215 Å². The molecule has 2 heterocycles. The molecule has 0 radical (unpaired) electrons. The van der Waals surface area contributed by atoms with Crippen LogP contribution in [0.2, 0.25) is 0 Å². The van der Waals surface area contributed by atoms with E-state index in [1.165, 1.54) is 47.9 Å². The van der Waals surface area contributed by atoms with Crippen LogP contribution in [0.4, 0.5) is 0 Å². The van der Waals surface area contributed by atoms with Gasteiger partial charge in [-0.1, -0.05) is 24.3 Å². The van der Waals surface area contributed by atoms with Gasteiger partial charge in [-0.3, -0.25) is 19.4 Å². The number of fused-ring (bicyclic) bond motifs is 1. The van der Waals surface area contributed by atoms with Crippen molar-refractivity contribution in [2.45, 2.75) is 23.4 Å². The van der Waals surface area contributed by atoms with Crippen LogP contribution in [0.3, 0.4) is 0 Å². The topological polar surface area (TPSA) is 178 Å². The molecule has 0 spiro atoms. The van der Waals surface area contributed by atoms with E-state index in [4.69, 9.17) is 4.74 Å². The Morgan fingerprint density at radius 2 is 1.76 bits per heavy atom. The third-order valence-electron chi connectivity index (χ3n) is 6.07. The minimum absolute atomic E-state index is 0.0304. The fourth-order valence-electron chi connectivity index (χ4n) is 4.29. The van der Waals surface area contributed by atoms with Gasteiger partial charge in [0.25, 0.3) is 11.8 Å². The Bertz CT molecular complexity index is 1590. The SMILES string of the molecule is O=C(N[C@H]1C[C@@H](C(=O)NO)N(S(=O)(=O)c2ccc(Oc3ccccc3)cc2)C1)c1cccc2no[n+]([O-])c12. The van der Waals surface area contributed by atoms with Crippen LogP contribution in [0.15, 0.2) is 82.3 Å². The fourth-order valence-corrected chi connectivity index (χ4v) is 5.94. The van der Waals surface area contributed by atoms with Crippen LogP contribution in [0.5, 0.6) is 11.5 Å². The van der Waals surface area contributed by atoms with E-state index in [0.29, 0.717) is 11.5 Å². The van der Waals surface area contributed by atoms with Crippen LogP contribution < -0.4 is 20.4 Å². The van der Waals surface area contributed by atoms with Crippen molar-refractivity contribution in [2.24, 2.45) is 0 Å². The van der Waals surface area contributed by atoms with Gasteiger partial charge in [-0.25, -0.2) is 13.9 Å². The maximum Gasteiger partial charge on any atom is 0.261 e. The van der Waals surface area contributed by atoms with Gasteiger partial charge in [-0.05, 0) is 59.9 Å². The Balaban J connectivity index is 1.36. The third kappa shape index (κ3) is 4.74. The van der Waals surface area contributed by atoms with Crippen molar-refractivity contribution in [1.82, 2.24) is 20.3 Å². The van der Waals surface area contributed by atoms with E-state index in [-0.39, 0.29) is 39.4 Å². The number of hydroxylamine groups is 1. The maximum absolute atomic E-state index is 13.5. The Hall–Kier alpha value is -4.53. The number of ether oxygens (including phenoxy) is 1. The number of carbonyl (C=O) groups is 2. The molecule has 1 aromatic heterocycles. The molecule has 3 N–H and O–H groups in total. The van der Waals surface area contributed by atoms with Crippen LogP contribution in [0.1, 0.15) is 16.8 Å². The summed E-state index contributed by atoms with van der Waals surface area (Å²) in [4.78, 5) is 25.3. The van der Waals surface area contributed by atoms with Gasteiger partial charge in [0.1, 0.15) is 17.5 Å². The quantitative estimate of drug-likeness (QED) is 0.177. The maximum atomic E-state index is 13.5. The van der Waals surface area contributed by atoms with Gasteiger partial charge in [-0.2, -0.15) is 4.31 Å². The molecule has 1 aliphatic heterocycles. The second-order valence-corrected chi connectivity index (χ2v) is 10.4. The molecule has 1 aliphatic rings. The molecule has 0 saturated carbocycles. The minimum atomic E-state index is -4.22. The van der Waals surface area contributed by atoms with Crippen molar-refractivity contribution >= 4 is 32.9 Å². The van der Waals surface area contributed by atoms with Crippen LogP contribution in [0, 0.1) is 5.21 Å². The van der Waals surface area contributed by atoms with E-state index in [9.17, 15) is 28.4 Å². The van der Waals surface area contributed by atoms with Crippen LogP contribution in [-0.2, 0) is 14.8 Å². The average molecular weight is 540 g/mol. The van der Waals surface area contributed by atoms with E-state index in [1.807, 2.05) is 6.07 Å². The molecule has 0 aliphatic carbocycles. The molecule has 0 bridgehead atoms. The van der Waals surface area contributed by atoms with Crippen molar-refractivity contribution in [3.8, 4) is 11.5 Å². The molecule has 196 valence electrons. The van der Waals surface area contributed by atoms with Crippen molar-refractivity contribution in [3.05, 3.63) is 83.6 Å². The minimum Gasteiger partial charge on any atom is -0.457 e. The molecule has 13 nitrogen and oxygen atoms in total. The van der Waals surface area contributed by atoms with Crippen molar-refractivity contribution in [1.29, 1.82) is 0 Å². The number of benzene rings is 3. The van der Waals surface area contributed by atoms with Gasteiger partial charge in [0, 0.05) is 17.7 Å². The molecule has 3 aromatic carbocycles. The second kappa shape index (κ2) is 10.1. The van der Waals surface area contributed by atoms with Gasteiger partial charge >= 0.3 is 0 Å². The number of hydrogen-bond donors (Lipinski definition) is 3. The summed E-state index contributed by atoms with van der Waals surface area (Å²) in [5.74, 6) is -0.652. The standard InChI is InChI=1S/C24H21N5O8S/c30-23(19-7-4-8-20-22(19)29(33)37-27-20)25-15-13-21(24(31)26-32)28(14-15)38(34,35)18-11-9-17(10-12-18)36-16-5-2-1-3-6-16/h1-12,15,21,32H,13-14H2,(H,25,30)(H,26,31)/t15-,21-/m0/s1.